The van der Waals surface area contributed by atoms with Crippen molar-refractivity contribution in [3.63, 3.8) is 0 Å². The van der Waals surface area contributed by atoms with Crippen LogP contribution in [0.25, 0.3) is 0 Å². The fraction of sp³-hybridized carbons (Fsp3) is 0.600. The lowest BCUT2D eigenvalue weighted by Gasteiger charge is -2.31. The van der Waals surface area contributed by atoms with E-state index in [0.29, 0.717) is 11.7 Å². The summed E-state index contributed by atoms with van der Waals surface area (Å²) in [4.78, 5) is 0. The number of aliphatic hydroxyl groups excluding tert-OH is 1. The van der Waals surface area contributed by atoms with Crippen molar-refractivity contribution in [2.75, 3.05) is 6.79 Å². The molecule has 2 atom stereocenters. The van der Waals surface area contributed by atoms with Crippen molar-refractivity contribution in [3.8, 4) is 11.5 Å². The number of hydrogen-bond acceptors (Lipinski definition) is 4. The Balaban J connectivity index is 0.00000161. The molecule has 3 N–H and O–H groups in total. The minimum atomic E-state index is -0.507. The van der Waals surface area contributed by atoms with Gasteiger partial charge in [-0.15, -0.1) is 12.4 Å². The van der Waals surface area contributed by atoms with Gasteiger partial charge in [-0.2, -0.15) is 0 Å². The maximum absolute atomic E-state index is 10.6. The molecule has 1 aromatic rings. The Kier molecular flexibility index (Phi) is 5.77. The molecule has 0 bridgehead atoms. The van der Waals surface area contributed by atoms with E-state index in [-0.39, 0.29) is 19.2 Å². The first kappa shape index (κ1) is 16.9. The smallest absolute Gasteiger partial charge is 0.231 e. The molecule has 0 unspecified atom stereocenters. The van der Waals surface area contributed by atoms with E-state index in [1.54, 1.807) is 0 Å². The number of fused-ring (bicyclic) bond motifs is 1. The fourth-order valence-corrected chi connectivity index (χ4v) is 3.73. The average molecular weight is 379 g/mol. The van der Waals surface area contributed by atoms with Crippen LogP contribution in [0.4, 0.5) is 0 Å². The van der Waals surface area contributed by atoms with E-state index in [4.69, 9.17) is 15.2 Å². The van der Waals surface area contributed by atoms with Crippen molar-refractivity contribution in [3.05, 3.63) is 22.2 Å². The Hall–Kier alpha value is -0.490. The second-order valence-corrected chi connectivity index (χ2v) is 6.50. The summed E-state index contributed by atoms with van der Waals surface area (Å²) in [5.74, 6) is 1.73. The molecule has 0 saturated heterocycles. The zero-order valence-corrected chi connectivity index (χ0v) is 14.2. The van der Waals surface area contributed by atoms with Crippen LogP contribution < -0.4 is 15.2 Å². The molecule has 0 aromatic heterocycles. The van der Waals surface area contributed by atoms with Crippen molar-refractivity contribution < 1.29 is 14.6 Å². The number of nitrogens with two attached hydrogens (primary N) is 1. The van der Waals surface area contributed by atoms with E-state index in [9.17, 15) is 5.11 Å². The zero-order valence-electron chi connectivity index (χ0n) is 11.8. The second-order valence-electron chi connectivity index (χ2n) is 5.64. The summed E-state index contributed by atoms with van der Waals surface area (Å²) in [6.45, 7) is 0.242. The molecule has 1 aliphatic carbocycles. The van der Waals surface area contributed by atoms with Gasteiger partial charge < -0.3 is 20.3 Å². The van der Waals surface area contributed by atoms with Crippen LogP contribution in [0.1, 0.15) is 43.7 Å². The molecule has 1 aliphatic heterocycles. The van der Waals surface area contributed by atoms with Gasteiger partial charge in [0.2, 0.25) is 6.79 Å². The third-order valence-electron chi connectivity index (χ3n) is 4.35. The normalized spacial score (nSPS) is 20.7. The summed E-state index contributed by atoms with van der Waals surface area (Å²) >= 11 is 3.52. The second kappa shape index (κ2) is 7.18. The van der Waals surface area contributed by atoms with E-state index < -0.39 is 12.1 Å². The first-order valence-corrected chi connectivity index (χ1v) is 7.99. The minimum absolute atomic E-state index is 0. The lowest BCUT2D eigenvalue weighted by molar-refractivity contribution is 0.0615. The molecule has 1 fully saturated rings. The van der Waals surface area contributed by atoms with Gasteiger partial charge in [-0.25, -0.2) is 0 Å². The average Bonchev–Trinajstić information content (AvgIpc) is 2.93. The molecule has 0 spiro atoms. The molecule has 0 radical (unpaired) electrons. The number of halogens is 2. The molecule has 6 heteroatoms. The molecule has 1 aromatic carbocycles. The minimum Gasteiger partial charge on any atom is -0.454 e. The topological polar surface area (TPSA) is 64.7 Å². The van der Waals surface area contributed by atoms with Gasteiger partial charge in [0.15, 0.2) is 11.5 Å². The fourth-order valence-electron chi connectivity index (χ4n) is 3.14. The molecular weight excluding hydrogens is 358 g/mol. The molecule has 21 heavy (non-hydrogen) atoms. The van der Waals surface area contributed by atoms with Crippen LogP contribution in [-0.2, 0) is 0 Å². The molecule has 2 aliphatic rings. The zero-order chi connectivity index (χ0) is 14.1. The number of rotatable bonds is 3. The lowest BCUT2D eigenvalue weighted by atomic mass is 9.81. The van der Waals surface area contributed by atoms with Crippen molar-refractivity contribution >= 4 is 28.3 Å². The van der Waals surface area contributed by atoms with Crippen molar-refractivity contribution in [2.45, 2.75) is 44.2 Å². The quantitative estimate of drug-likeness (QED) is 0.844. The summed E-state index contributed by atoms with van der Waals surface area (Å²) in [6.07, 6.45) is 5.28. The van der Waals surface area contributed by atoms with Crippen LogP contribution >= 0.6 is 28.3 Å². The standard InChI is InChI=1S/C15H20BrNO3.ClH/c16-11-7-13-12(19-8-20-13)6-10(11)14(17)15(18)9-4-2-1-3-5-9;/h6-7,9,14-15,18H,1-5,8,17H2;1H/t14-,15+;/m1./s1. The van der Waals surface area contributed by atoms with Gasteiger partial charge in [-0.05, 0) is 36.5 Å². The number of hydrogen-bond donors (Lipinski definition) is 2. The van der Waals surface area contributed by atoms with Crippen molar-refractivity contribution in [2.24, 2.45) is 11.7 Å². The Labute approximate surface area is 139 Å². The third-order valence-corrected chi connectivity index (χ3v) is 5.04. The first-order valence-electron chi connectivity index (χ1n) is 7.19. The number of benzene rings is 1. The van der Waals surface area contributed by atoms with Gasteiger partial charge in [0, 0.05) is 4.47 Å². The summed E-state index contributed by atoms with van der Waals surface area (Å²) < 4.78 is 11.6. The largest absolute Gasteiger partial charge is 0.454 e. The van der Waals surface area contributed by atoms with E-state index >= 15 is 0 Å². The highest BCUT2D eigenvalue weighted by Crippen LogP contribution is 2.40. The van der Waals surface area contributed by atoms with Crippen LogP contribution in [0.5, 0.6) is 11.5 Å². The van der Waals surface area contributed by atoms with E-state index in [1.807, 2.05) is 12.1 Å². The Bertz CT molecular complexity index is 494. The highest BCUT2D eigenvalue weighted by Gasteiger charge is 2.30. The van der Waals surface area contributed by atoms with Crippen LogP contribution in [0.3, 0.4) is 0 Å². The van der Waals surface area contributed by atoms with Crippen LogP contribution in [0, 0.1) is 5.92 Å². The molecule has 3 rings (SSSR count). The van der Waals surface area contributed by atoms with Gasteiger partial charge in [0.05, 0.1) is 12.1 Å². The van der Waals surface area contributed by atoms with Gasteiger partial charge in [0.1, 0.15) is 0 Å². The van der Waals surface area contributed by atoms with Gasteiger partial charge in [-0.1, -0.05) is 35.2 Å². The Morgan fingerprint density at radius 2 is 1.76 bits per heavy atom. The maximum Gasteiger partial charge on any atom is 0.231 e. The summed E-state index contributed by atoms with van der Waals surface area (Å²) in [5, 5.41) is 10.6. The predicted octanol–water partition coefficient (Wildman–Crippen LogP) is 3.54. The number of aliphatic hydroxyl groups is 1. The highest BCUT2D eigenvalue weighted by atomic mass is 79.9. The summed E-state index contributed by atoms with van der Waals surface area (Å²) in [6, 6.07) is 3.34. The van der Waals surface area contributed by atoms with Crippen molar-refractivity contribution in [1.82, 2.24) is 0 Å². The van der Waals surface area contributed by atoms with Crippen LogP contribution in [0.15, 0.2) is 16.6 Å². The highest BCUT2D eigenvalue weighted by molar-refractivity contribution is 9.10. The monoisotopic (exact) mass is 377 g/mol. The Morgan fingerprint density at radius 1 is 1.14 bits per heavy atom. The van der Waals surface area contributed by atoms with Crippen molar-refractivity contribution in [1.29, 1.82) is 0 Å². The molecule has 0 amide bonds. The molecule has 118 valence electrons. The van der Waals surface area contributed by atoms with Gasteiger partial charge in [0.25, 0.3) is 0 Å². The number of ether oxygens (including phenoxy) is 2. The van der Waals surface area contributed by atoms with Crippen LogP contribution in [0.2, 0.25) is 0 Å². The van der Waals surface area contributed by atoms with E-state index in [2.05, 4.69) is 15.9 Å². The lowest BCUT2D eigenvalue weighted by Crippen LogP contribution is -2.34. The van der Waals surface area contributed by atoms with E-state index in [0.717, 1.165) is 28.6 Å². The summed E-state index contributed by atoms with van der Waals surface area (Å²) in [7, 11) is 0. The van der Waals surface area contributed by atoms with E-state index in [1.165, 1.54) is 19.3 Å². The summed E-state index contributed by atoms with van der Waals surface area (Å²) in [5.41, 5.74) is 7.17. The SMILES string of the molecule is Cl.N[C@H](c1cc2c(cc1Br)OCO2)[C@@H](O)C1CCCCC1. The van der Waals surface area contributed by atoms with Gasteiger partial charge in [-0.3, -0.25) is 0 Å². The predicted molar refractivity (Wildman–Crippen MR) is 87.0 cm³/mol. The Morgan fingerprint density at radius 3 is 2.43 bits per heavy atom. The molecular formula is C15H21BrClNO3. The maximum atomic E-state index is 10.6. The van der Waals surface area contributed by atoms with Crippen LogP contribution in [-0.4, -0.2) is 18.0 Å². The molecule has 4 nitrogen and oxygen atoms in total. The third kappa shape index (κ3) is 3.47. The molecule has 1 heterocycles. The first-order chi connectivity index (χ1) is 9.66. The van der Waals surface area contributed by atoms with Gasteiger partial charge >= 0.3 is 0 Å². The molecule has 1 saturated carbocycles.